The molecule has 5 heteroatoms. The maximum Gasteiger partial charge on any atom is 0.230 e. The van der Waals surface area contributed by atoms with Crippen LogP contribution < -0.4 is 0 Å². The number of hydrogen-bond donors (Lipinski definition) is 1. The quantitative estimate of drug-likeness (QED) is 0.898. The maximum atomic E-state index is 12.5. The molecule has 0 aromatic carbocycles. The van der Waals surface area contributed by atoms with Crippen molar-refractivity contribution < 1.29 is 14.3 Å². The number of rotatable bonds is 4. The van der Waals surface area contributed by atoms with Crippen molar-refractivity contribution in [3.05, 3.63) is 23.2 Å². The van der Waals surface area contributed by atoms with Crippen molar-refractivity contribution in [1.82, 2.24) is 9.80 Å². The minimum Gasteiger partial charge on any atom is -0.466 e. The van der Waals surface area contributed by atoms with Crippen LogP contribution in [0.2, 0.25) is 0 Å². The molecule has 1 aromatic rings. The summed E-state index contributed by atoms with van der Waals surface area (Å²) in [7, 11) is 0. The number of carbonyl (C=O) groups is 1. The van der Waals surface area contributed by atoms with Gasteiger partial charge in [0.15, 0.2) is 0 Å². The molecular weight excluding hydrogens is 256 g/mol. The van der Waals surface area contributed by atoms with Gasteiger partial charge in [-0.2, -0.15) is 0 Å². The molecule has 1 saturated heterocycles. The fraction of sp³-hybridized carbons (Fsp3) is 0.667. The van der Waals surface area contributed by atoms with Gasteiger partial charge in [0.05, 0.1) is 12.5 Å². The number of furan rings is 1. The van der Waals surface area contributed by atoms with E-state index in [2.05, 4.69) is 4.90 Å². The highest BCUT2D eigenvalue weighted by molar-refractivity contribution is 5.83. The molecule has 1 atom stereocenters. The Hall–Kier alpha value is -1.33. The third-order valence-corrected chi connectivity index (χ3v) is 4.02. The van der Waals surface area contributed by atoms with E-state index in [0.717, 1.165) is 43.3 Å². The van der Waals surface area contributed by atoms with Crippen molar-refractivity contribution in [2.24, 2.45) is 0 Å². The van der Waals surface area contributed by atoms with E-state index in [9.17, 15) is 4.79 Å². The number of hydrogen-bond acceptors (Lipinski definition) is 4. The van der Waals surface area contributed by atoms with E-state index < -0.39 is 0 Å². The van der Waals surface area contributed by atoms with Crippen LogP contribution >= 0.6 is 0 Å². The second kappa shape index (κ2) is 6.41. The zero-order chi connectivity index (χ0) is 14.7. The van der Waals surface area contributed by atoms with E-state index in [0.29, 0.717) is 6.54 Å². The molecule has 20 heavy (non-hydrogen) atoms. The molecule has 5 nitrogen and oxygen atoms in total. The molecule has 0 unspecified atom stereocenters. The summed E-state index contributed by atoms with van der Waals surface area (Å²) in [4.78, 5) is 16.6. The number of piperazine rings is 1. The summed E-state index contributed by atoms with van der Waals surface area (Å²) >= 11 is 0. The molecule has 0 bridgehead atoms. The SMILES string of the molecule is Cc1cc([C@H](C)C(=O)N2CCN(CCO)CC2)c(C)o1. The minimum absolute atomic E-state index is 0.156. The van der Waals surface area contributed by atoms with E-state index in [-0.39, 0.29) is 18.4 Å². The molecule has 0 radical (unpaired) electrons. The van der Waals surface area contributed by atoms with Crippen LogP contribution in [0.4, 0.5) is 0 Å². The highest BCUT2D eigenvalue weighted by Crippen LogP contribution is 2.25. The van der Waals surface area contributed by atoms with Crippen LogP contribution in [0.5, 0.6) is 0 Å². The lowest BCUT2D eigenvalue weighted by Crippen LogP contribution is -2.50. The van der Waals surface area contributed by atoms with E-state index in [1.807, 2.05) is 31.7 Å². The maximum absolute atomic E-state index is 12.5. The van der Waals surface area contributed by atoms with E-state index in [1.54, 1.807) is 0 Å². The van der Waals surface area contributed by atoms with Crippen molar-refractivity contribution in [2.45, 2.75) is 26.7 Å². The van der Waals surface area contributed by atoms with Crippen molar-refractivity contribution in [3.63, 3.8) is 0 Å². The molecular formula is C15H24N2O3. The van der Waals surface area contributed by atoms with Crippen LogP contribution in [0.15, 0.2) is 10.5 Å². The second-order valence-electron chi connectivity index (χ2n) is 5.48. The third kappa shape index (κ3) is 3.22. The van der Waals surface area contributed by atoms with Crippen molar-refractivity contribution in [2.75, 3.05) is 39.3 Å². The average molecular weight is 280 g/mol. The normalized spacial score (nSPS) is 18.3. The summed E-state index contributed by atoms with van der Waals surface area (Å²) in [5.74, 6) is 1.70. The first-order valence-electron chi connectivity index (χ1n) is 7.22. The van der Waals surface area contributed by atoms with Gasteiger partial charge < -0.3 is 14.4 Å². The number of aryl methyl sites for hydroxylation is 2. The Bertz CT molecular complexity index is 462. The van der Waals surface area contributed by atoms with Crippen LogP contribution in [0, 0.1) is 13.8 Å². The summed E-state index contributed by atoms with van der Waals surface area (Å²) in [6, 6.07) is 1.96. The molecule has 1 N–H and O–H groups in total. The average Bonchev–Trinajstić information content (AvgIpc) is 2.77. The molecule has 2 heterocycles. The monoisotopic (exact) mass is 280 g/mol. The number of nitrogens with zero attached hydrogens (tertiary/aromatic N) is 2. The Labute approximate surface area is 120 Å². The first kappa shape index (κ1) is 15.1. The van der Waals surface area contributed by atoms with Crippen LogP contribution in [0.3, 0.4) is 0 Å². The zero-order valence-corrected chi connectivity index (χ0v) is 12.6. The molecule has 1 aliphatic heterocycles. The Kier molecular flexibility index (Phi) is 4.83. The number of aliphatic hydroxyl groups excluding tert-OH is 1. The topological polar surface area (TPSA) is 56.9 Å². The summed E-state index contributed by atoms with van der Waals surface area (Å²) < 4.78 is 5.52. The predicted molar refractivity (Wildman–Crippen MR) is 76.7 cm³/mol. The van der Waals surface area contributed by atoms with Crippen LogP contribution in [0.1, 0.15) is 29.9 Å². The van der Waals surface area contributed by atoms with Crippen LogP contribution in [-0.4, -0.2) is 60.1 Å². The fourth-order valence-corrected chi connectivity index (χ4v) is 2.82. The lowest BCUT2D eigenvalue weighted by atomic mass is 9.99. The predicted octanol–water partition coefficient (Wildman–Crippen LogP) is 1.14. The molecule has 0 spiro atoms. The fourth-order valence-electron chi connectivity index (χ4n) is 2.82. The van der Waals surface area contributed by atoms with Gasteiger partial charge in [-0.1, -0.05) is 0 Å². The summed E-state index contributed by atoms with van der Waals surface area (Å²) in [6.45, 7) is 9.77. The number of carbonyl (C=O) groups excluding carboxylic acids is 1. The number of β-amino-alcohol motifs (C(OH)–C–C–N with tert-alkyl or cyclic N) is 1. The highest BCUT2D eigenvalue weighted by Gasteiger charge is 2.27. The summed E-state index contributed by atoms with van der Waals surface area (Å²) in [6.07, 6.45) is 0. The Balaban J connectivity index is 1.96. The number of amides is 1. The van der Waals surface area contributed by atoms with Gasteiger partial charge in [-0.3, -0.25) is 9.69 Å². The molecule has 1 amide bonds. The van der Waals surface area contributed by atoms with Crippen molar-refractivity contribution in [1.29, 1.82) is 0 Å². The van der Waals surface area contributed by atoms with E-state index in [4.69, 9.17) is 9.52 Å². The largest absolute Gasteiger partial charge is 0.466 e. The first-order chi connectivity index (χ1) is 9.52. The third-order valence-electron chi connectivity index (χ3n) is 4.02. The Morgan fingerprint density at radius 3 is 2.50 bits per heavy atom. The van der Waals surface area contributed by atoms with Gasteiger partial charge in [0, 0.05) is 38.3 Å². The summed E-state index contributed by atoms with van der Waals surface area (Å²) in [5.41, 5.74) is 0.991. The summed E-state index contributed by atoms with van der Waals surface area (Å²) in [5, 5.41) is 8.93. The van der Waals surface area contributed by atoms with Crippen molar-refractivity contribution in [3.8, 4) is 0 Å². The zero-order valence-electron chi connectivity index (χ0n) is 12.6. The van der Waals surface area contributed by atoms with E-state index >= 15 is 0 Å². The Morgan fingerprint density at radius 2 is 2.00 bits per heavy atom. The number of aliphatic hydroxyl groups is 1. The van der Waals surface area contributed by atoms with Crippen LogP contribution in [-0.2, 0) is 4.79 Å². The lowest BCUT2D eigenvalue weighted by molar-refractivity contribution is -0.134. The van der Waals surface area contributed by atoms with Gasteiger partial charge in [-0.25, -0.2) is 0 Å². The highest BCUT2D eigenvalue weighted by atomic mass is 16.3. The first-order valence-corrected chi connectivity index (χ1v) is 7.22. The van der Waals surface area contributed by atoms with Gasteiger partial charge in [-0.05, 0) is 26.8 Å². The van der Waals surface area contributed by atoms with Crippen LogP contribution in [0.25, 0.3) is 0 Å². The van der Waals surface area contributed by atoms with Gasteiger partial charge in [-0.15, -0.1) is 0 Å². The molecule has 0 aliphatic carbocycles. The second-order valence-corrected chi connectivity index (χ2v) is 5.48. The minimum atomic E-state index is -0.156. The van der Waals surface area contributed by atoms with Gasteiger partial charge >= 0.3 is 0 Å². The lowest BCUT2D eigenvalue weighted by Gasteiger charge is -2.35. The van der Waals surface area contributed by atoms with E-state index in [1.165, 1.54) is 0 Å². The van der Waals surface area contributed by atoms with Gasteiger partial charge in [0.1, 0.15) is 11.5 Å². The Morgan fingerprint density at radius 1 is 1.35 bits per heavy atom. The van der Waals surface area contributed by atoms with Gasteiger partial charge in [0.2, 0.25) is 5.91 Å². The molecule has 112 valence electrons. The molecule has 0 saturated carbocycles. The smallest absolute Gasteiger partial charge is 0.230 e. The standard InChI is InChI=1S/C15H24N2O3/c1-11-10-14(13(3)20-11)12(2)15(19)17-6-4-16(5-7-17)8-9-18/h10,12,18H,4-9H2,1-3H3/t12-/m0/s1. The molecule has 2 rings (SSSR count). The molecule has 1 aromatic heterocycles. The molecule has 1 aliphatic rings. The van der Waals surface area contributed by atoms with Gasteiger partial charge in [0.25, 0.3) is 0 Å². The molecule has 1 fully saturated rings. The van der Waals surface area contributed by atoms with Crippen molar-refractivity contribution >= 4 is 5.91 Å².